The van der Waals surface area contributed by atoms with E-state index in [-0.39, 0.29) is 17.5 Å². The predicted octanol–water partition coefficient (Wildman–Crippen LogP) is 3.13. The lowest BCUT2D eigenvalue weighted by atomic mass is 9.98. The number of nitrogens with two attached hydrogens (primary N) is 1. The van der Waals surface area contributed by atoms with Gasteiger partial charge in [0.2, 0.25) is 0 Å². The largest absolute Gasteiger partial charge is 0.271 e. The summed E-state index contributed by atoms with van der Waals surface area (Å²) in [6.07, 6.45) is -0.234. The quantitative estimate of drug-likeness (QED) is 0.394. The Labute approximate surface area is 117 Å². The zero-order valence-electron chi connectivity index (χ0n) is 10.6. The van der Waals surface area contributed by atoms with Gasteiger partial charge in [-0.15, -0.1) is 0 Å². The van der Waals surface area contributed by atoms with Crippen molar-refractivity contribution in [3.05, 3.63) is 70.5 Å². The van der Waals surface area contributed by atoms with Gasteiger partial charge in [0, 0.05) is 5.56 Å². The highest BCUT2D eigenvalue weighted by molar-refractivity contribution is 5.27. The van der Waals surface area contributed by atoms with Crippen LogP contribution in [0.4, 0.5) is 22.0 Å². The van der Waals surface area contributed by atoms with Crippen LogP contribution in [-0.4, -0.2) is 0 Å². The summed E-state index contributed by atoms with van der Waals surface area (Å²) in [6.45, 7) is 0. The second kappa shape index (κ2) is 6.19. The maximum Gasteiger partial charge on any atom is 0.194 e. The zero-order chi connectivity index (χ0) is 15.6. The van der Waals surface area contributed by atoms with Crippen LogP contribution in [0, 0.1) is 29.1 Å². The van der Waals surface area contributed by atoms with Crippen molar-refractivity contribution in [1.82, 2.24) is 5.43 Å². The number of benzene rings is 2. The fourth-order valence-electron chi connectivity index (χ4n) is 1.99. The Kier molecular flexibility index (Phi) is 4.54. The van der Waals surface area contributed by atoms with E-state index in [2.05, 4.69) is 5.43 Å². The van der Waals surface area contributed by atoms with Crippen LogP contribution in [0.5, 0.6) is 0 Å². The van der Waals surface area contributed by atoms with Crippen LogP contribution in [0.25, 0.3) is 0 Å². The molecule has 0 saturated heterocycles. The molecule has 21 heavy (non-hydrogen) atoms. The maximum absolute atomic E-state index is 13.7. The molecule has 0 radical (unpaired) electrons. The molecule has 0 heterocycles. The normalized spacial score (nSPS) is 12.5. The standard InChI is InChI=1S/C14H11F5N2/c15-9-3-1-2-7(12(9)17)6-11(21-20)8-4-5-10(16)14(19)13(8)18/h1-5,11,21H,6,20H2. The predicted molar refractivity (Wildman–Crippen MR) is 66.4 cm³/mol. The van der Waals surface area contributed by atoms with Crippen molar-refractivity contribution in [2.75, 3.05) is 0 Å². The van der Waals surface area contributed by atoms with Gasteiger partial charge < -0.3 is 0 Å². The number of hydrazine groups is 1. The lowest BCUT2D eigenvalue weighted by molar-refractivity contribution is 0.421. The van der Waals surface area contributed by atoms with E-state index in [0.717, 1.165) is 18.2 Å². The highest BCUT2D eigenvalue weighted by atomic mass is 19.2. The maximum atomic E-state index is 13.7. The first-order valence-electron chi connectivity index (χ1n) is 5.98. The van der Waals surface area contributed by atoms with Crippen molar-refractivity contribution in [2.45, 2.75) is 12.5 Å². The molecule has 112 valence electrons. The van der Waals surface area contributed by atoms with Gasteiger partial charge in [-0.3, -0.25) is 11.3 Å². The molecule has 0 saturated carbocycles. The molecule has 1 atom stereocenters. The van der Waals surface area contributed by atoms with Crippen molar-refractivity contribution < 1.29 is 22.0 Å². The van der Waals surface area contributed by atoms with E-state index in [1.165, 1.54) is 12.1 Å². The van der Waals surface area contributed by atoms with Gasteiger partial charge in [-0.25, -0.2) is 22.0 Å². The van der Waals surface area contributed by atoms with Crippen LogP contribution in [0.3, 0.4) is 0 Å². The first-order chi connectivity index (χ1) is 9.95. The van der Waals surface area contributed by atoms with Gasteiger partial charge >= 0.3 is 0 Å². The van der Waals surface area contributed by atoms with Gasteiger partial charge in [0.15, 0.2) is 29.1 Å². The van der Waals surface area contributed by atoms with Crippen molar-refractivity contribution in [2.24, 2.45) is 5.84 Å². The topological polar surface area (TPSA) is 38.0 Å². The fraction of sp³-hybridized carbons (Fsp3) is 0.143. The fourth-order valence-corrected chi connectivity index (χ4v) is 1.99. The summed E-state index contributed by atoms with van der Waals surface area (Å²) in [7, 11) is 0. The minimum Gasteiger partial charge on any atom is -0.271 e. The second-order valence-corrected chi connectivity index (χ2v) is 4.40. The van der Waals surface area contributed by atoms with Gasteiger partial charge in [0.1, 0.15) is 0 Å². The van der Waals surface area contributed by atoms with Crippen LogP contribution >= 0.6 is 0 Å². The Bertz CT molecular complexity index is 660. The van der Waals surface area contributed by atoms with Gasteiger partial charge in [-0.2, -0.15) is 0 Å². The molecule has 2 nitrogen and oxygen atoms in total. The minimum absolute atomic E-state index is 0.0675. The summed E-state index contributed by atoms with van der Waals surface area (Å²) < 4.78 is 66.5. The van der Waals surface area contributed by atoms with Gasteiger partial charge in [0.25, 0.3) is 0 Å². The molecule has 0 spiro atoms. The lowest BCUT2D eigenvalue weighted by Gasteiger charge is -2.18. The highest BCUT2D eigenvalue weighted by Gasteiger charge is 2.22. The van der Waals surface area contributed by atoms with E-state index in [1.54, 1.807) is 0 Å². The van der Waals surface area contributed by atoms with Gasteiger partial charge in [0.05, 0.1) is 6.04 Å². The molecule has 7 heteroatoms. The Morgan fingerprint density at radius 1 is 0.857 bits per heavy atom. The van der Waals surface area contributed by atoms with Gasteiger partial charge in [-0.1, -0.05) is 18.2 Å². The van der Waals surface area contributed by atoms with E-state index < -0.39 is 35.1 Å². The lowest BCUT2D eigenvalue weighted by Crippen LogP contribution is -2.31. The van der Waals surface area contributed by atoms with Crippen LogP contribution in [0.1, 0.15) is 17.2 Å². The molecule has 0 bridgehead atoms. The molecular formula is C14H11F5N2. The molecule has 1 unspecified atom stereocenters. The number of hydrogen-bond donors (Lipinski definition) is 2. The molecule has 0 fully saturated rings. The summed E-state index contributed by atoms with van der Waals surface area (Å²) >= 11 is 0. The summed E-state index contributed by atoms with van der Waals surface area (Å²) in [6, 6.07) is 4.19. The SMILES string of the molecule is NNC(Cc1cccc(F)c1F)c1ccc(F)c(F)c1F. The zero-order valence-corrected chi connectivity index (χ0v) is 10.6. The summed E-state index contributed by atoms with van der Waals surface area (Å²) in [5.74, 6) is -1.32. The van der Waals surface area contributed by atoms with E-state index in [9.17, 15) is 22.0 Å². The monoisotopic (exact) mass is 302 g/mol. The smallest absolute Gasteiger partial charge is 0.194 e. The molecule has 0 aliphatic carbocycles. The molecule has 0 aliphatic heterocycles. The van der Waals surface area contributed by atoms with Gasteiger partial charge in [-0.05, 0) is 24.1 Å². The first kappa shape index (κ1) is 15.4. The number of halogens is 5. The molecule has 3 N–H and O–H groups in total. The Morgan fingerprint density at radius 3 is 2.19 bits per heavy atom. The van der Waals surface area contributed by atoms with Crippen molar-refractivity contribution in [3.63, 3.8) is 0 Å². The molecule has 2 aromatic rings. The Balaban J connectivity index is 2.37. The summed E-state index contributed by atoms with van der Waals surface area (Å²) in [5.41, 5.74) is 1.84. The third-order valence-corrected chi connectivity index (χ3v) is 3.10. The second-order valence-electron chi connectivity index (χ2n) is 4.40. The molecule has 0 amide bonds. The van der Waals surface area contributed by atoms with Crippen molar-refractivity contribution in [1.29, 1.82) is 0 Å². The van der Waals surface area contributed by atoms with E-state index in [1.807, 2.05) is 0 Å². The highest BCUT2D eigenvalue weighted by Crippen LogP contribution is 2.25. The Hall–Kier alpha value is -1.99. The van der Waals surface area contributed by atoms with Crippen LogP contribution in [-0.2, 0) is 6.42 Å². The van der Waals surface area contributed by atoms with E-state index >= 15 is 0 Å². The van der Waals surface area contributed by atoms with E-state index in [0.29, 0.717) is 0 Å². The van der Waals surface area contributed by atoms with Crippen LogP contribution < -0.4 is 11.3 Å². The van der Waals surface area contributed by atoms with Crippen LogP contribution in [0.15, 0.2) is 30.3 Å². The summed E-state index contributed by atoms with van der Waals surface area (Å²) in [4.78, 5) is 0. The van der Waals surface area contributed by atoms with E-state index in [4.69, 9.17) is 5.84 Å². The number of nitrogens with one attached hydrogen (secondary N) is 1. The molecule has 2 aromatic carbocycles. The Morgan fingerprint density at radius 2 is 1.52 bits per heavy atom. The van der Waals surface area contributed by atoms with Crippen molar-refractivity contribution >= 4 is 0 Å². The molecular weight excluding hydrogens is 291 g/mol. The molecule has 0 aromatic heterocycles. The average Bonchev–Trinajstić information content (AvgIpc) is 2.47. The van der Waals surface area contributed by atoms with Crippen LogP contribution in [0.2, 0.25) is 0 Å². The first-order valence-corrected chi connectivity index (χ1v) is 5.98. The minimum atomic E-state index is -1.65. The third kappa shape index (κ3) is 3.03. The molecule has 2 rings (SSSR count). The molecule has 0 aliphatic rings. The average molecular weight is 302 g/mol. The van der Waals surface area contributed by atoms with Crippen molar-refractivity contribution in [3.8, 4) is 0 Å². The number of hydrogen-bond acceptors (Lipinski definition) is 2. The number of rotatable bonds is 4. The third-order valence-electron chi connectivity index (χ3n) is 3.10. The summed E-state index contributed by atoms with van der Waals surface area (Å²) in [5, 5.41) is 0.